The lowest BCUT2D eigenvalue weighted by Gasteiger charge is -2.12. The third kappa shape index (κ3) is 3.13. The number of allylic oxidation sites excluding steroid dienone is 4. The minimum atomic E-state index is 0.914. The highest BCUT2D eigenvalue weighted by Gasteiger charge is 2.22. The van der Waals surface area contributed by atoms with Crippen LogP contribution in [0.3, 0.4) is 0 Å². The minimum absolute atomic E-state index is 0.914. The molecule has 0 N–H and O–H groups in total. The fourth-order valence-electron chi connectivity index (χ4n) is 6.07. The first kappa shape index (κ1) is 21.3. The fourth-order valence-corrected chi connectivity index (χ4v) is 6.07. The van der Waals surface area contributed by atoms with Crippen molar-refractivity contribution < 1.29 is 4.42 Å². The number of fused-ring (bicyclic) bond motifs is 7. The molecule has 2 heterocycles. The number of hydrogen-bond acceptors (Lipinski definition) is 1. The van der Waals surface area contributed by atoms with Crippen molar-refractivity contribution in [3.63, 3.8) is 0 Å². The molecule has 0 atom stereocenters. The average Bonchev–Trinajstić information content (AvgIpc) is 3.54. The van der Waals surface area contributed by atoms with Gasteiger partial charge >= 0.3 is 0 Å². The van der Waals surface area contributed by atoms with E-state index in [2.05, 4.69) is 126 Å². The van der Waals surface area contributed by atoms with E-state index in [1.807, 2.05) is 6.07 Å². The largest absolute Gasteiger partial charge is 0.454 e. The zero-order valence-corrected chi connectivity index (χ0v) is 20.9. The van der Waals surface area contributed by atoms with Gasteiger partial charge in [-0.2, -0.15) is 0 Å². The van der Waals surface area contributed by atoms with Gasteiger partial charge in [-0.1, -0.05) is 97.1 Å². The Kier molecular flexibility index (Phi) is 4.68. The molecule has 180 valence electrons. The standard InChI is InChI=1S/C36H25NO/c1-3-11-24(12-4-1)25-19-21-27(22-20-25)37-32-17-9-7-16-29(32)34-30(26-13-5-2-6-14-26)23-31-28-15-8-10-18-33(28)38-36(31)35(34)37/h2-3,5-23H,1,4H2. The Morgan fingerprint density at radius 1 is 0.632 bits per heavy atom. The van der Waals surface area contributed by atoms with Crippen molar-refractivity contribution in [1.29, 1.82) is 0 Å². The van der Waals surface area contributed by atoms with E-state index in [1.54, 1.807) is 0 Å². The van der Waals surface area contributed by atoms with Crippen molar-refractivity contribution >= 4 is 49.3 Å². The van der Waals surface area contributed by atoms with E-state index in [0.29, 0.717) is 0 Å². The highest BCUT2D eigenvalue weighted by atomic mass is 16.3. The molecule has 2 nitrogen and oxygen atoms in total. The predicted molar refractivity (Wildman–Crippen MR) is 160 cm³/mol. The number of para-hydroxylation sites is 2. The van der Waals surface area contributed by atoms with Gasteiger partial charge in [0.05, 0.1) is 11.0 Å². The summed E-state index contributed by atoms with van der Waals surface area (Å²) in [5, 5.41) is 4.74. The number of furan rings is 1. The van der Waals surface area contributed by atoms with Crippen LogP contribution in [0.4, 0.5) is 0 Å². The number of nitrogens with zero attached hydrogens (tertiary/aromatic N) is 1. The van der Waals surface area contributed by atoms with Crippen LogP contribution < -0.4 is 0 Å². The molecule has 8 rings (SSSR count). The summed E-state index contributed by atoms with van der Waals surface area (Å²) in [5.41, 5.74) is 10.3. The van der Waals surface area contributed by atoms with E-state index in [9.17, 15) is 0 Å². The maximum absolute atomic E-state index is 6.63. The molecule has 0 bridgehead atoms. The third-order valence-electron chi connectivity index (χ3n) is 7.82. The number of rotatable bonds is 3. The van der Waals surface area contributed by atoms with E-state index < -0.39 is 0 Å². The lowest BCUT2D eigenvalue weighted by molar-refractivity contribution is 0.671. The van der Waals surface area contributed by atoms with E-state index >= 15 is 0 Å². The average molecular weight is 488 g/mol. The Morgan fingerprint density at radius 2 is 1.39 bits per heavy atom. The van der Waals surface area contributed by atoms with Crippen LogP contribution in [0, 0.1) is 0 Å². The second-order valence-corrected chi connectivity index (χ2v) is 10.0. The van der Waals surface area contributed by atoms with Crippen molar-refractivity contribution in [2.24, 2.45) is 0 Å². The van der Waals surface area contributed by atoms with Gasteiger partial charge in [0.1, 0.15) is 5.58 Å². The fraction of sp³-hybridized carbons (Fsp3) is 0.0556. The van der Waals surface area contributed by atoms with Crippen molar-refractivity contribution in [2.45, 2.75) is 12.8 Å². The summed E-state index contributed by atoms with van der Waals surface area (Å²) in [6.45, 7) is 0. The smallest absolute Gasteiger partial charge is 0.160 e. The molecule has 38 heavy (non-hydrogen) atoms. The molecule has 7 aromatic rings. The lowest BCUT2D eigenvalue weighted by atomic mass is 9.97. The van der Waals surface area contributed by atoms with Crippen LogP contribution >= 0.6 is 0 Å². The molecule has 0 saturated heterocycles. The zero-order valence-electron chi connectivity index (χ0n) is 20.9. The second kappa shape index (κ2) is 8.36. The monoisotopic (exact) mass is 487 g/mol. The molecule has 5 aromatic carbocycles. The van der Waals surface area contributed by atoms with Gasteiger partial charge in [0.15, 0.2) is 5.58 Å². The van der Waals surface area contributed by atoms with Crippen LogP contribution in [0.1, 0.15) is 18.4 Å². The van der Waals surface area contributed by atoms with E-state index in [-0.39, 0.29) is 0 Å². The van der Waals surface area contributed by atoms with Gasteiger partial charge in [-0.3, -0.25) is 0 Å². The van der Waals surface area contributed by atoms with Gasteiger partial charge in [0, 0.05) is 27.2 Å². The van der Waals surface area contributed by atoms with Crippen LogP contribution in [0.25, 0.3) is 66.1 Å². The molecule has 0 amide bonds. The summed E-state index contributed by atoms with van der Waals surface area (Å²) in [6, 6.07) is 39.1. The highest BCUT2D eigenvalue weighted by molar-refractivity contribution is 6.26. The SMILES string of the molecule is C1=CC(c2ccc(-n3c4ccccc4c4c(-c5ccccc5)cc5c6ccccc6oc5c43)cc2)=CCC1. The van der Waals surface area contributed by atoms with Gasteiger partial charge in [-0.05, 0) is 65.4 Å². The number of hydrogen-bond donors (Lipinski definition) is 0. The highest BCUT2D eigenvalue weighted by Crippen LogP contribution is 2.45. The Labute approximate surface area is 220 Å². The molecule has 2 heteroatoms. The summed E-state index contributed by atoms with van der Waals surface area (Å²) < 4.78 is 9.01. The van der Waals surface area contributed by atoms with Crippen LogP contribution in [-0.2, 0) is 0 Å². The summed E-state index contributed by atoms with van der Waals surface area (Å²) in [5.74, 6) is 0. The Morgan fingerprint density at radius 3 is 2.21 bits per heavy atom. The molecule has 0 unspecified atom stereocenters. The summed E-state index contributed by atoms with van der Waals surface area (Å²) in [7, 11) is 0. The van der Waals surface area contributed by atoms with E-state index in [4.69, 9.17) is 4.42 Å². The van der Waals surface area contributed by atoms with Gasteiger partial charge in [0.2, 0.25) is 0 Å². The summed E-state index contributed by atoms with van der Waals surface area (Å²) in [6.07, 6.45) is 9.06. The van der Waals surface area contributed by atoms with Crippen molar-refractivity contribution in [2.75, 3.05) is 0 Å². The second-order valence-electron chi connectivity index (χ2n) is 10.0. The number of benzene rings is 5. The van der Waals surface area contributed by atoms with E-state index in [0.717, 1.165) is 46.0 Å². The maximum Gasteiger partial charge on any atom is 0.160 e. The first-order valence-corrected chi connectivity index (χ1v) is 13.3. The Balaban J connectivity index is 1.51. The normalized spacial score (nSPS) is 13.6. The quantitative estimate of drug-likeness (QED) is 0.242. The molecule has 0 spiro atoms. The van der Waals surface area contributed by atoms with Gasteiger partial charge in [0.25, 0.3) is 0 Å². The Bertz CT molecular complexity index is 2050. The molecule has 0 aliphatic heterocycles. The molecule has 2 aromatic heterocycles. The first-order chi connectivity index (χ1) is 18.9. The van der Waals surface area contributed by atoms with Crippen LogP contribution in [-0.4, -0.2) is 4.57 Å². The number of aromatic nitrogens is 1. The van der Waals surface area contributed by atoms with Crippen molar-refractivity contribution in [1.82, 2.24) is 4.57 Å². The molecule has 0 fully saturated rings. The molecular formula is C36H25NO. The first-order valence-electron chi connectivity index (χ1n) is 13.3. The minimum Gasteiger partial charge on any atom is -0.454 e. The van der Waals surface area contributed by atoms with Gasteiger partial charge in [-0.15, -0.1) is 0 Å². The molecule has 0 radical (unpaired) electrons. The third-order valence-corrected chi connectivity index (χ3v) is 7.82. The predicted octanol–water partition coefficient (Wildman–Crippen LogP) is 10.1. The molecule has 0 saturated carbocycles. The lowest BCUT2D eigenvalue weighted by Crippen LogP contribution is -1.95. The summed E-state index contributed by atoms with van der Waals surface area (Å²) in [4.78, 5) is 0. The van der Waals surface area contributed by atoms with Crippen molar-refractivity contribution in [3.05, 3.63) is 133 Å². The van der Waals surface area contributed by atoms with Crippen LogP contribution in [0.2, 0.25) is 0 Å². The van der Waals surface area contributed by atoms with Crippen LogP contribution in [0.5, 0.6) is 0 Å². The molecule has 1 aliphatic rings. The van der Waals surface area contributed by atoms with Gasteiger partial charge in [-0.25, -0.2) is 0 Å². The summed E-state index contributed by atoms with van der Waals surface area (Å²) >= 11 is 0. The topological polar surface area (TPSA) is 18.1 Å². The molecular weight excluding hydrogens is 462 g/mol. The van der Waals surface area contributed by atoms with Gasteiger partial charge < -0.3 is 8.98 Å². The zero-order chi connectivity index (χ0) is 25.1. The Hall–Kier alpha value is -4.82. The van der Waals surface area contributed by atoms with Crippen LogP contribution in [0.15, 0.2) is 132 Å². The van der Waals surface area contributed by atoms with E-state index in [1.165, 1.54) is 38.6 Å². The molecule has 1 aliphatic carbocycles. The maximum atomic E-state index is 6.63. The van der Waals surface area contributed by atoms with Crippen molar-refractivity contribution in [3.8, 4) is 16.8 Å².